The molecule has 0 aromatic carbocycles. The summed E-state index contributed by atoms with van der Waals surface area (Å²) in [5, 5.41) is 7.30. The van der Waals surface area contributed by atoms with Crippen LogP contribution in [0.1, 0.15) is 31.2 Å². The van der Waals surface area contributed by atoms with Crippen LogP contribution in [0.4, 0.5) is 0 Å². The maximum atomic E-state index is 5.35. The highest BCUT2D eigenvalue weighted by Crippen LogP contribution is 2.28. The average Bonchev–Trinajstić information content (AvgIpc) is 3.08. The fraction of sp³-hybridized carbons (Fsp3) is 0.615. The standard InChI is InChI=1S/C13H21N3O/c1-3-7-16(12-5-6-12)10-13-8-11(15-17-13)9-14-4-2/h3,8,12,14H,1,4-7,9-10H2,2H3. The maximum Gasteiger partial charge on any atom is 0.151 e. The molecule has 17 heavy (non-hydrogen) atoms. The third-order valence-corrected chi connectivity index (χ3v) is 2.95. The van der Waals surface area contributed by atoms with Gasteiger partial charge in [0, 0.05) is 25.2 Å². The fourth-order valence-corrected chi connectivity index (χ4v) is 1.92. The predicted octanol–water partition coefficient (Wildman–Crippen LogP) is 1.93. The molecule has 1 saturated carbocycles. The van der Waals surface area contributed by atoms with E-state index in [0.29, 0.717) is 0 Å². The van der Waals surface area contributed by atoms with Crippen molar-refractivity contribution in [1.82, 2.24) is 15.4 Å². The van der Waals surface area contributed by atoms with Crippen LogP contribution >= 0.6 is 0 Å². The summed E-state index contributed by atoms with van der Waals surface area (Å²) in [6, 6.07) is 2.76. The number of hydrogen-bond acceptors (Lipinski definition) is 4. The minimum atomic E-state index is 0.718. The van der Waals surface area contributed by atoms with Gasteiger partial charge >= 0.3 is 0 Å². The van der Waals surface area contributed by atoms with Crippen LogP contribution in [0.2, 0.25) is 0 Å². The predicted molar refractivity (Wildman–Crippen MR) is 67.5 cm³/mol. The molecule has 94 valence electrons. The second-order valence-electron chi connectivity index (χ2n) is 4.51. The van der Waals surface area contributed by atoms with Gasteiger partial charge in [0.05, 0.1) is 12.2 Å². The Hall–Kier alpha value is -1.13. The number of nitrogens with zero attached hydrogens (tertiary/aromatic N) is 2. The molecule has 1 aliphatic carbocycles. The van der Waals surface area contributed by atoms with Crippen LogP contribution in [0.5, 0.6) is 0 Å². The lowest BCUT2D eigenvalue weighted by Crippen LogP contribution is -2.25. The number of hydrogen-bond donors (Lipinski definition) is 1. The number of aromatic nitrogens is 1. The Morgan fingerprint density at radius 1 is 1.65 bits per heavy atom. The van der Waals surface area contributed by atoms with Crippen LogP contribution in [0.15, 0.2) is 23.2 Å². The van der Waals surface area contributed by atoms with Gasteiger partial charge in [-0.05, 0) is 19.4 Å². The molecular formula is C13H21N3O. The Labute approximate surface area is 103 Å². The third-order valence-electron chi connectivity index (χ3n) is 2.95. The molecule has 2 rings (SSSR count). The van der Waals surface area contributed by atoms with E-state index in [0.717, 1.165) is 43.7 Å². The first-order valence-corrected chi connectivity index (χ1v) is 6.33. The summed E-state index contributed by atoms with van der Waals surface area (Å²) in [7, 11) is 0. The first-order valence-electron chi connectivity index (χ1n) is 6.33. The topological polar surface area (TPSA) is 41.3 Å². The van der Waals surface area contributed by atoms with Crippen LogP contribution < -0.4 is 5.32 Å². The molecule has 0 unspecified atom stereocenters. The molecule has 0 spiro atoms. The van der Waals surface area contributed by atoms with Gasteiger partial charge < -0.3 is 9.84 Å². The monoisotopic (exact) mass is 235 g/mol. The zero-order valence-electron chi connectivity index (χ0n) is 10.5. The highest BCUT2D eigenvalue weighted by Gasteiger charge is 2.28. The van der Waals surface area contributed by atoms with Crippen LogP contribution in [0, 0.1) is 0 Å². The summed E-state index contributed by atoms with van der Waals surface area (Å²) in [5.74, 6) is 0.951. The van der Waals surface area contributed by atoms with E-state index in [1.165, 1.54) is 12.8 Å². The molecule has 1 aliphatic rings. The molecule has 4 nitrogen and oxygen atoms in total. The molecule has 1 aromatic rings. The zero-order valence-corrected chi connectivity index (χ0v) is 10.5. The van der Waals surface area contributed by atoms with Gasteiger partial charge in [-0.15, -0.1) is 6.58 Å². The van der Waals surface area contributed by atoms with E-state index < -0.39 is 0 Å². The molecule has 0 atom stereocenters. The Kier molecular flexibility index (Phi) is 4.34. The average molecular weight is 235 g/mol. The van der Waals surface area contributed by atoms with Crippen molar-refractivity contribution in [1.29, 1.82) is 0 Å². The molecule has 1 N–H and O–H groups in total. The second kappa shape index (κ2) is 5.98. The van der Waals surface area contributed by atoms with Gasteiger partial charge in [0.1, 0.15) is 0 Å². The van der Waals surface area contributed by atoms with Crippen LogP contribution in [0.25, 0.3) is 0 Å². The minimum absolute atomic E-state index is 0.718. The van der Waals surface area contributed by atoms with E-state index in [1.54, 1.807) is 0 Å². The van der Waals surface area contributed by atoms with Crippen molar-refractivity contribution in [2.75, 3.05) is 13.1 Å². The Balaban J connectivity index is 1.87. The first-order chi connectivity index (χ1) is 8.33. The van der Waals surface area contributed by atoms with Crippen molar-refractivity contribution in [3.63, 3.8) is 0 Å². The van der Waals surface area contributed by atoms with Gasteiger partial charge in [0.15, 0.2) is 5.76 Å². The molecule has 0 aliphatic heterocycles. The molecule has 4 heteroatoms. The zero-order chi connectivity index (χ0) is 12.1. The summed E-state index contributed by atoms with van der Waals surface area (Å²) in [5.41, 5.74) is 0.983. The summed E-state index contributed by atoms with van der Waals surface area (Å²) in [6.07, 6.45) is 4.55. The van der Waals surface area contributed by atoms with Crippen molar-refractivity contribution < 1.29 is 4.52 Å². The fourth-order valence-electron chi connectivity index (χ4n) is 1.92. The molecule has 0 saturated heterocycles. The lowest BCUT2D eigenvalue weighted by Gasteiger charge is -2.17. The van der Waals surface area contributed by atoms with E-state index in [-0.39, 0.29) is 0 Å². The highest BCUT2D eigenvalue weighted by atomic mass is 16.5. The molecule has 1 fully saturated rings. The SMILES string of the molecule is C=CCN(Cc1cc(CNCC)no1)C1CC1. The van der Waals surface area contributed by atoms with Crippen molar-refractivity contribution in [3.8, 4) is 0 Å². The highest BCUT2D eigenvalue weighted by molar-refractivity contribution is 5.06. The quantitative estimate of drug-likeness (QED) is 0.699. The smallest absolute Gasteiger partial charge is 0.151 e. The van der Waals surface area contributed by atoms with E-state index >= 15 is 0 Å². The first kappa shape index (κ1) is 12.3. The summed E-state index contributed by atoms with van der Waals surface area (Å²) in [4.78, 5) is 2.39. The summed E-state index contributed by atoms with van der Waals surface area (Å²) >= 11 is 0. The lowest BCUT2D eigenvalue weighted by atomic mass is 10.3. The van der Waals surface area contributed by atoms with Gasteiger partial charge in [-0.1, -0.05) is 18.2 Å². The molecule has 0 amide bonds. The van der Waals surface area contributed by atoms with Crippen LogP contribution in [-0.2, 0) is 13.1 Å². The van der Waals surface area contributed by atoms with Gasteiger partial charge in [0.25, 0.3) is 0 Å². The lowest BCUT2D eigenvalue weighted by molar-refractivity contribution is 0.242. The number of nitrogens with one attached hydrogen (secondary N) is 1. The van der Waals surface area contributed by atoms with Crippen molar-refractivity contribution in [2.24, 2.45) is 0 Å². The van der Waals surface area contributed by atoms with Crippen molar-refractivity contribution >= 4 is 0 Å². The Morgan fingerprint density at radius 3 is 3.12 bits per heavy atom. The summed E-state index contributed by atoms with van der Waals surface area (Å²) in [6.45, 7) is 9.38. The van der Waals surface area contributed by atoms with E-state index in [1.807, 2.05) is 12.1 Å². The minimum Gasteiger partial charge on any atom is -0.360 e. The number of rotatable bonds is 8. The molecule has 1 aromatic heterocycles. The van der Waals surface area contributed by atoms with Gasteiger partial charge in [-0.3, -0.25) is 4.90 Å². The van der Waals surface area contributed by atoms with Crippen LogP contribution in [-0.4, -0.2) is 29.2 Å². The van der Waals surface area contributed by atoms with Crippen molar-refractivity contribution in [3.05, 3.63) is 30.2 Å². The van der Waals surface area contributed by atoms with Crippen LogP contribution in [0.3, 0.4) is 0 Å². The third kappa shape index (κ3) is 3.68. The van der Waals surface area contributed by atoms with E-state index in [2.05, 4.69) is 28.9 Å². The second-order valence-corrected chi connectivity index (χ2v) is 4.51. The molecule has 1 heterocycles. The maximum absolute atomic E-state index is 5.35. The Morgan fingerprint density at radius 2 is 2.47 bits per heavy atom. The van der Waals surface area contributed by atoms with Gasteiger partial charge in [0.2, 0.25) is 0 Å². The largest absolute Gasteiger partial charge is 0.360 e. The van der Waals surface area contributed by atoms with E-state index in [9.17, 15) is 0 Å². The van der Waals surface area contributed by atoms with Gasteiger partial charge in [-0.25, -0.2) is 0 Å². The van der Waals surface area contributed by atoms with Gasteiger partial charge in [-0.2, -0.15) is 0 Å². The van der Waals surface area contributed by atoms with Crippen molar-refractivity contribution in [2.45, 2.75) is 38.9 Å². The molecule has 0 bridgehead atoms. The molecular weight excluding hydrogens is 214 g/mol. The normalized spacial score (nSPS) is 15.4. The summed E-state index contributed by atoms with van der Waals surface area (Å²) < 4.78 is 5.35. The van der Waals surface area contributed by atoms with E-state index in [4.69, 9.17) is 4.52 Å². The Bertz CT molecular complexity index is 357. The molecule has 0 radical (unpaired) electrons.